The molecule has 8 nitrogen and oxygen atoms in total. The van der Waals surface area contributed by atoms with E-state index in [-0.39, 0.29) is 24.2 Å². The fraction of sp³-hybridized carbons (Fsp3) is 0.704. The van der Waals surface area contributed by atoms with Crippen LogP contribution in [-0.2, 0) is 14.3 Å². The quantitative estimate of drug-likeness (QED) is 0.472. The summed E-state index contributed by atoms with van der Waals surface area (Å²) in [4.78, 5) is 33.2. The fourth-order valence-corrected chi connectivity index (χ4v) is 6.14. The molecule has 0 unspecified atom stereocenters. The summed E-state index contributed by atoms with van der Waals surface area (Å²) in [5, 5.41) is 0. The van der Waals surface area contributed by atoms with Gasteiger partial charge in [-0.25, -0.2) is 0 Å². The monoisotopic (exact) mass is 487 g/mol. The third kappa shape index (κ3) is 5.92. The Kier molecular flexibility index (Phi) is 8.89. The first-order valence-electron chi connectivity index (χ1n) is 13.1. The molecular weight excluding hydrogens is 446 g/mol. The number of carbonyl (C=O) groups excluding carboxylic acids is 2. The first-order chi connectivity index (χ1) is 17.0. The number of amides is 2. The SMILES string of the molecule is COCCCN(C[C@@H]1CCCN2CCCC[C@H]12)C(=O)[C@H]1CC(=O)N(c2ccc(OC)cc2OC)C1. The number of carbonyl (C=O) groups is 2. The van der Waals surface area contributed by atoms with Crippen LogP contribution in [0.25, 0.3) is 0 Å². The Hall–Kier alpha value is -2.32. The van der Waals surface area contributed by atoms with Crippen molar-refractivity contribution in [2.45, 2.75) is 51.0 Å². The average Bonchev–Trinajstić information content (AvgIpc) is 3.28. The Morgan fingerprint density at radius 1 is 1.09 bits per heavy atom. The van der Waals surface area contributed by atoms with Gasteiger partial charge in [-0.1, -0.05) is 6.42 Å². The van der Waals surface area contributed by atoms with Crippen LogP contribution in [0, 0.1) is 11.8 Å². The van der Waals surface area contributed by atoms with E-state index >= 15 is 0 Å². The highest BCUT2D eigenvalue weighted by Gasteiger charge is 2.40. The zero-order chi connectivity index (χ0) is 24.8. The third-order valence-corrected chi connectivity index (χ3v) is 7.92. The number of rotatable bonds is 10. The normalized spacial score (nSPS) is 24.8. The molecule has 0 spiro atoms. The van der Waals surface area contributed by atoms with Gasteiger partial charge in [0.1, 0.15) is 11.5 Å². The van der Waals surface area contributed by atoms with Crippen LogP contribution in [-0.4, -0.2) is 88.3 Å². The Bertz CT molecular complexity index is 876. The first-order valence-corrected chi connectivity index (χ1v) is 13.1. The first kappa shape index (κ1) is 25.8. The van der Waals surface area contributed by atoms with Crippen LogP contribution in [0.5, 0.6) is 11.5 Å². The van der Waals surface area contributed by atoms with Crippen LogP contribution in [0.4, 0.5) is 5.69 Å². The van der Waals surface area contributed by atoms with Crippen LogP contribution < -0.4 is 14.4 Å². The lowest BCUT2D eigenvalue weighted by molar-refractivity contribution is -0.137. The summed E-state index contributed by atoms with van der Waals surface area (Å²) in [5.74, 6) is 1.45. The molecule has 3 atom stereocenters. The molecule has 35 heavy (non-hydrogen) atoms. The van der Waals surface area contributed by atoms with Crippen molar-refractivity contribution in [2.24, 2.45) is 11.8 Å². The van der Waals surface area contributed by atoms with Crippen molar-refractivity contribution in [3.63, 3.8) is 0 Å². The van der Waals surface area contributed by atoms with Crippen LogP contribution in [0.1, 0.15) is 44.9 Å². The summed E-state index contributed by atoms with van der Waals surface area (Å²) in [6.45, 7) is 4.83. The molecule has 0 aromatic heterocycles. The molecular formula is C27H41N3O5. The van der Waals surface area contributed by atoms with E-state index in [4.69, 9.17) is 14.2 Å². The third-order valence-electron chi connectivity index (χ3n) is 7.92. The molecule has 0 N–H and O–H groups in total. The fourth-order valence-electron chi connectivity index (χ4n) is 6.14. The van der Waals surface area contributed by atoms with E-state index in [1.165, 1.54) is 45.2 Å². The van der Waals surface area contributed by atoms with Gasteiger partial charge in [-0.05, 0) is 63.2 Å². The second kappa shape index (κ2) is 12.1. The molecule has 0 bridgehead atoms. The predicted octanol–water partition coefficient (Wildman–Crippen LogP) is 3.19. The standard InChI is InChI=1S/C27H41N3O5/c1-33-15-7-14-29(18-20-8-6-13-28-12-5-4-9-23(20)28)27(32)21-16-26(31)30(19-21)24-11-10-22(34-2)17-25(24)35-3/h10-11,17,20-21,23H,4-9,12-16,18-19H2,1-3H3/t20-,21-,23+/m0/s1. The number of anilines is 1. The molecule has 0 radical (unpaired) electrons. The van der Waals surface area contributed by atoms with Crippen molar-refractivity contribution in [3.05, 3.63) is 18.2 Å². The Morgan fingerprint density at radius 3 is 2.69 bits per heavy atom. The summed E-state index contributed by atoms with van der Waals surface area (Å²) in [6, 6.07) is 6.00. The van der Waals surface area contributed by atoms with Gasteiger partial charge in [0, 0.05) is 51.9 Å². The van der Waals surface area contributed by atoms with Crippen molar-refractivity contribution in [1.29, 1.82) is 0 Å². The van der Waals surface area contributed by atoms with Gasteiger partial charge >= 0.3 is 0 Å². The van der Waals surface area contributed by atoms with Crippen molar-refractivity contribution in [1.82, 2.24) is 9.80 Å². The van der Waals surface area contributed by atoms with Gasteiger partial charge in [0.2, 0.25) is 11.8 Å². The van der Waals surface area contributed by atoms with Crippen molar-refractivity contribution < 1.29 is 23.8 Å². The number of methoxy groups -OCH3 is 3. The molecule has 3 aliphatic heterocycles. The van der Waals surface area contributed by atoms with E-state index in [0.717, 1.165) is 13.0 Å². The molecule has 4 rings (SSSR count). The molecule has 3 saturated heterocycles. The van der Waals surface area contributed by atoms with Crippen LogP contribution in [0.3, 0.4) is 0 Å². The average molecular weight is 488 g/mol. The maximum absolute atomic E-state index is 13.8. The van der Waals surface area contributed by atoms with Crippen LogP contribution in [0.2, 0.25) is 0 Å². The van der Waals surface area contributed by atoms with Crippen molar-refractivity contribution in [2.75, 3.05) is 65.6 Å². The van der Waals surface area contributed by atoms with Gasteiger partial charge in [0.05, 0.1) is 25.8 Å². The number of benzene rings is 1. The number of nitrogens with zero attached hydrogens (tertiary/aromatic N) is 3. The van der Waals surface area contributed by atoms with Crippen molar-refractivity contribution in [3.8, 4) is 11.5 Å². The zero-order valence-electron chi connectivity index (χ0n) is 21.5. The highest BCUT2D eigenvalue weighted by atomic mass is 16.5. The number of hydrogen-bond donors (Lipinski definition) is 0. The molecule has 0 saturated carbocycles. The minimum atomic E-state index is -0.345. The summed E-state index contributed by atoms with van der Waals surface area (Å²) in [6.07, 6.45) is 7.22. The smallest absolute Gasteiger partial charge is 0.228 e. The second-order valence-corrected chi connectivity index (χ2v) is 10.1. The highest BCUT2D eigenvalue weighted by molar-refractivity contribution is 6.01. The number of ether oxygens (including phenoxy) is 3. The lowest BCUT2D eigenvalue weighted by Gasteiger charge is -2.46. The van der Waals surface area contributed by atoms with Gasteiger partial charge in [-0.3, -0.25) is 9.59 Å². The van der Waals surface area contributed by atoms with E-state index in [2.05, 4.69) is 4.90 Å². The number of piperidine rings is 2. The Morgan fingerprint density at radius 2 is 1.91 bits per heavy atom. The molecule has 1 aromatic rings. The minimum absolute atomic E-state index is 0.0419. The number of fused-ring (bicyclic) bond motifs is 1. The van der Waals surface area contributed by atoms with E-state index in [1.807, 2.05) is 17.0 Å². The second-order valence-electron chi connectivity index (χ2n) is 10.1. The zero-order valence-corrected chi connectivity index (χ0v) is 21.5. The summed E-state index contributed by atoms with van der Waals surface area (Å²) in [5.41, 5.74) is 0.685. The predicted molar refractivity (Wildman–Crippen MR) is 135 cm³/mol. The maximum atomic E-state index is 13.8. The highest BCUT2D eigenvalue weighted by Crippen LogP contribution is 2.37. The van der Waals surface area contributed by atoms with E-state index in [9.17, 15) is 9.59 Å². The maximum Gasteiger partial charge on any atom is 0.228 e. The van der Waals surface area contributed by atoms with E-state index < -0.39 is 0 Å². The molecule has 194 valence electrons. The molecule has 2 amide bonds. The summed E-state index contributed by atoms with van der Waals surface area (Å²) in [7, 11) is 4.88. The molecule has 0 aliphatic carbocycles. The van der Waals surface area contributed by atoms with Gasteiger partial charge in [0.15, 0.2) is 0 Å². The van der Waals surface area contributed by atoms with Gasteiger partial charge in [0.25, 0.3) is 0 Å². The molecule has 3 heterocycles. The molecule has 1 aromatic carbocycles. The van der Waals surface area contributed by atoms with Crippen LogP contribution >= 0.6 is 0 Å². The van der Waals surface area contributed by atoms with Gasteiger partial charge < -0.3 is 28.9 Å². The van der Waals surface area contributed by atoms with Crippen molar-refractivity contribution >= 4 is 17.5 Å². The summed E-state index contributed by atoms with van der Waals surface area (Å²) < 4.78 is 16.1. The molecule has 8 heteroatoms. The van der Waals surface area contributed by atoms with Gasteiger partial charge in [-0.2, -0.15) is 0 Å². The number of hydrogen-bond acceptors (Lipinski definition) is 6. The lowest BCUT2D eigenvalue weighted by atomic mass is 9.83. The summed E-state index contributed by atoms with van der Waals surface area (Å²) >= 11 is 0. The Balaban J connectivity index is 1.47. The molecule has 3 aliphatic rings. The molecule has 3 fully saturated rings. The minimum Gasteiger partial charge on any atom is -0.497 e. The Labute approximate surface area is 209 Å². The largest absolute Gasteiger partial charge is 0.497 e. The lowest BCUT2D eigenvalue weighted by Crippen LogP contribution is -2.52. The van der Waals surface area contributed by atoms with Crippen LogP contribution in [0.15, 0.2) is 18.2 Å². The topological polar surface area (TPSA) is 71.6 Å². The van der Waals surface area contributed by atoms with Gasteiger partial charge in [-0.15, -0.1) is 0 Å². The van der Waals surface area contributed by atoms with E-state index in [0.29, 0.717) is 48.8 Å². The van der Waals surface area contributed by atoms with E-state index in [1.54, 1.807) is 32.3 Å².